The van der Waals surface area contributed by atoms with Crippen LogP contribution in [0.15, 0.2) is 0 Å². The van der Waals surface area contributed by atoms with Gasteiger partial charge in [0.15, 0.2) is 0 Å². The zero-order valence-electron chi connectivity index (χ0n) is 11.7. The summed E-state index contributed by atoms with van der Waals surface area (Å²) in [7, 11) is 0. The fourth-order valence-corrected chi connectivity index (χ4v) is 2.15. The van der Waals surface area contributed by atoms with Gasteiger partial charge in [-0.25, -0.2) is 0 Å². The summed E-state index contributed by atoms with van der Waals surface area (Å²) in [5.41, 5.74) is 5.42. The van der Waals surface area contributed by atoms with Crippen molar-refractivity contribution in [1.29, 1.82) is 0 Å². The highest BCUT2D eigenvalue weighted by Gasteiger charge is 2.31. The number of ether oxygens (including phenoxy) is 1. The van der Waals surface area contributed by atoms with E-state index in [1.807, 2.05) is 6.92 Å². The largest absolute Gasteiger partial charge is 0.377 e. The first-order valence-electron chi connectivity index (χ1n) is 7.05. The monoisotopic (exact) mass is 271 g/mol. The van der Waals surface area contributed by atoms with Gasteiger partial charge in [-0.1, -0.05) is 6.42 Å². The van der Waals surface area contributed by atoms with Crippen LogP contribution < -0.4 is 11.1 Å². The van der Waals surface area contributed by atoms with Crippen molar-refractivity contribution >= 4 is 11.8 Å². The Morgan fingerprint density at radius 1 is 1.37 bits per heavy atom. The first kappa shape index (κ1) is 15.9. The van der Waals surface area contributed by atoms with Crippen molar-refractivity contribution in [3.8, 4) is 0 Å². The maximum Gasteiger partial charge on any atom is 0.245 e. The van der Waals surface area contributed by atoms with E-state index < -0.39 is 6.04 Å². The second-order valence-corrected chi connectivity index (χ2v) is 4.67. The van der Waals surface area contributed by atoms with E-state index in [0.717, 1.165) is 19.3 Å². The van der Waals surface area contributed by atoms with Crippen molar-refractivity contribution in [3.05, 3.63) is 0 Å². The number of carbonyl (C=O) groups excluding carboxylic acids is 2. The van der Waals surface area contributed by atoms with E-state index in [9.17, 15) is 9.59 Å². The molecule has 0 aromatic heterocycles. The van der Waals surface area contributed by atoms with Gasteiger partial charge in [-0.3, -0.25) is 9.59 Å². The van der Waals surface area contributed by atoms with Gasteiger partial charge in [0.25, 0.3) is 0 Å². The van der Waals surface area contributed by atoms with Gasteiger partial charge in [0.05, 0.1) is 13.2 Å². The molecule has 0 bridgehead atoms. The van der Waals surface area contributed by atoms with Gasteiger partial charge in [-0.2, -0.15) is 0 Å². The van der Waals surface area contributed by atoms with E-state index in [1.165, 1.54) is 0 Å². The maximum atomic E-state index is 12.1. The number of nitrogens with one attached hydrogen (secondary N) is 1. The molecule has 6 nitrogen and oxygen atoms in total. The molecule has 6 heteroatoms. The Morgan fingerprint density at radius 3 is 2.84 bits per heavy atom. The molecule has 0 aromatic rings. The minimum absolute atomic E-state index is 0.0385. The van der Waals surface area contributed by atoms with Gasteiger partial charge in [0, 0.05) is 19.5 Å². The predicted molar refractivity (Wildman–Crippen MR) is 72.5 cm³/mol. The van der Waals surface area contributed by atoms with Gasteiger partial charge in [0.1, 0.15) is 6.04 Å². The van der Waals surface area contributed by atoms with Crippen molar-refractivity contribution in [2.75, 3.05) is 32.8 Å². The third-order valence-corrected chi connectivity index (χ3v) is 3.20. The van der Waals surface area contributed by atoms with Crippen molar-refractivity contribution in [2.45, 2.75) is 38.6 Å². The highest BCUT2D eigenvalue weighted by Crippen LogP contribution is 2.11. The fraction of sp³-hybridized carbons (Fsp3) is 0.846. The average Bonchev–Trinajstić information content (AvgIpc) is 2.43. The molecule has 0 aromatic carbocycles. The van der Waals surface area contributed by atoms with Gasteiger partial charge in [-0.05, 0) is 26.3 Å². The van der Waals surface area contributed by atoms with Crippen LogP contribution in [0.2, 0.25) is 0 Å². The summed E-state index contributed by atoms with van der Waals surface area (Å²) in [6, 6.07) is -0.476. The van der Waals surface area contributed by atoms with Gasteiger partial charge >= 0.3 is 0 Å². The van der Waals surface area contributed by atoms with Crippen molar-refractivity contribution in [1.82, 2.24) is 10.2 Å². The topological polar surface area (TPSA) is 84.7 Å². The maximum absolute atomic E-state index is 12.1. The second kappa shape index (κ2) is 8.87. The number of rotatable bonds is 7. The normalized spacial score (nSPS) is 19.3. The lowest BCUT2D eigenvalue weighted by molar-refractivity contribution is -0.148. The van der Waals surface area contributed by atoms with Crippen LogP contribution in [0.25, 0.3) is 0 Å². The number of likely N-dealkylation sites (N-methyl/N-ethyl adjacent to an activating group) is 1. The Hall–Kier alpha value is -1.14. The minimum atomic E-state index is -0.476. The summed E-state index contributed by atoms with van der Waals surface area (Å²) < 4.78 is 5.30. The summed E-state index contributed by atoms with van der Waals surface area (Å²) in [6.45, 7) is 4.38. The van der Waals surface area contributed by atoms with E-state index in [4.69, 9.17) is 10.5 Å². The fourth-order valence-electron chi connectivity index (χ4n) is 2.15. The zero-order chi connectivity index (χ0) is 14.1. The number of carbonyl (C=O) groups is 2. The molecule has 3 N–H and O–H groups in total. The summed E-state index contributed by atoms with van der Waals surface area (Å²) in [4.78, 5) is 25.7. The molecule has 19 heavy (non-hydrogen) atoms. The summed E-state index contributed by atoms with van der Waals surface area (Å²) in [6.07, 6.45) is 3.21. The smallest absolute Gasteiger partial charge is 0.245 e. The van der Waals surface area contributed by atoms with Crippen molar-refractivity contribution in [2.24, 2.45) is 5.73 Å². The number of hydrogen-bond donors (Lipinski definition) is 2. The summed E-state index contributed by atoms with van der Waals surface area (Å²) in [5, 5.41) is 2.75. The Balaban J connectivity index is 2.46. The molecular formula is C13H25N3O3. The van der Waals surface area contributed by atoms with E-state index >= 15 is 0 Å². The molecule has 1 heterocycles. The molecule has 1 aliphatic rings. The molecule has 110 valence electrons. The number of morpholine rings is 1. The van der Waals surface area contributed by atoms with Gasteiger partial charge in [0.2, 0.25) is 11.8 Å². The number of hydrogen-bond acceptors (Lipinski definition) is 4. The molecule has 0 radical (unpaired) electrons. The highest BCUT2D eigenvalue weighted by molar-refractivity contribution is 5.88. The second-order valence-electron chi connectivity index (χ2n) is 4.67. The van der Waals surface area contributed by atoms with Crippen LogP contribution in [0.5, 0.6) is 0 Å². The predicted octanol–water partition coefficient (Wildman–Crippen LogP) is -0.131. The lowest BCUT2D eigenvalue weighted by Gasteiger charge is -2.34. The van der Waals surface area contributed by atoms with Crippen LogP contribution in [0, 0.1) is 0 Å². The molecule has 1 atom stereocenters. The first-order chi connectivity index (χ1) is 9.20. The molecule has 1 rings (SSSR count). The zero-order valence-corrected chi connectivity index (χ0v) is 11.7. The SMILES string of the molecule is CCNC(=O)C1COCCN1C(=O)CCCCCN. The third kappa shape index (κ3) is 5.16. The van der Waals surface area contributed by atoms with Gasteiger partial charge < -0.3 is 20.7 Å². The van der Waals surface area contributed by atoms with Crippen molar-refractivity contribution < 1.29 is 14.3 Å². The molecule has 1 fully saturated rings. The van der Waals surface area contributed by atoms with Crippen LogP contribution in [-0.2, 0) is 14.3 Å². The number of amides is 2. The summed E-state index contributed by atoms with van der Waals surface area (Å²) >= 11 is 0. The van der Waals surface area contributed by atoms with Crippen LogP contribution in [0.4, 0.5) is 0 Å². The molecule has 2 amide bonds. The Morgan fingerprint density at radius 2 is 2.16 bits per heavy atom. The lowest BCUT2D eigenvalue weighted by Crippen LogP contribution is -2.55. The quantitative estimate of drug-likeness (QED) is 0.632. The van der Waals surface area contributed by atoms with Crippen LogP contribution in [-0.4, -0.2) is 55.6 Å². The standard InChI is InChI=1S/C13H25N3O3/c1-2-15-13(18)11-10-19-9-8-16(11)12(17)6-4-3-5-7-14/h11H,2-10,14H2,1H3,(H,15,18). The Labute approximate surface area is 114 Å². The van der Waals surface area contributed by atoms with Crippen LogP contribution >= 0.6 is 0 Å². The van der Waals surface area contributed by atoms with Crippen LogP contribution in [0.1, 0.15) is 32.6 Å². The Bertz CT molecular complexity index is 297. The van der Waals surface area contributed by atoms with E-state index in [1.54, 1.807) is 4.90 Å². The molecule has 0 aliphatic carbocycles. The Kier molecular flexibility index (Phi) is 7.43. The van der Waals surface area contributed by atoms with Crippen LogP contribution in [0.3, 0.4) is 0 Å². The molecule has 1 aliphatic heterocycles. The van der Waals surface area contributed by atoms with Crippen molar-refractivity contribution in [3.63, 3.8) is 0 Å². The third-order valence-electron chi connectivity index (χ3n) is 3.20. The van der Waals surface area contributed by atoms with E-state index in [-0.39, 0.29) is 11.8 Å². The number of unbranched alkanes of at least 4 members (excludes halogenated alkanes) is 2. The average molecular weight is 271 g/mol. The summed E-state index contributed by atoms with van der Waals surface area (Å²) in [5.74, 6) is -0.0888. The lowest BCUT2D eigenvalue weighted by atomic mass is 10.1. The molecular weight excluding hydrogens is 246 g/mol. The first-order valence-corrected chi connectivity index (χ1v) is 7.05. The van der Waals surface area contributed by atoms with Gasteiger partial charge in [-0.15, -0.1) is 0 Å². The minimum Gasteiger partial charge on any atom is -0.377 e. The molecule has 0 saturated carbocycles. The highest BCUT2D eigenvalue weighted by atomic mass is 16.5. The number of nitrogens with zero attached hydrogens (tertiary/aromatic N) is 1. The molecule has 1 saturated heterocycles. The molecule has 1 unspecified atom stereocenters. The number of nitrogens with two attached hydrogens (primary N) is 1. The molecule has 0 spiro atoms. The van der Waals surface area contributed by atoms with E-state index in [0.29, 0.717) is 39.3 Å². The van der Waals surface area contributed by atoms with E-state index in [2.05, 4.69) is 5.32 Å².